The fourth-order valence-corrected chi connectivity index (χ4v) is 7.27. The minimum absolute atomic E-state index is 1.10. The minimum Gasteiger partial charge on any atom is -0.311 e. The van der Waals surface area contributed by atoms with Gasteiger partial charge in [0.1, 0.15) is 0 Å². The first-order chi connectivity index (χ1) is 25.3. The number of anilines is 3. The van der Waals surface area contributed by atoms with Crippen molar-refractivity contribution in [1.29, 1.82) is 0 Å². The Hall–Kier alpha value is -6.70. The summed E-state index contributed by atoms with van der Waals surface area (Å²) in [4.78, 5) is 2.35. The molecule has 9 rings (SSSR count). The van der Waals surface area contributed by atoms with Crippen LogP contribution in [-0.2, 0) is 0 Å². The van der Waals surface area contributed by atoms with Gasteiger partial charge in [-0.25, -0.2) is 0 Å². The van der Waals surface area contributed by atoms with Crippen molar-refractivity contribution in [2.24, 2.45) is 0 Å². The van der Waals surface area contributed by atoms with Crippen LogP contribution in [0.2, 0.25) is 0 Å². The second kappa shape index (κ2) is 13.3. The molecule has 0 atom stereocenters. The lowest BCUT2D eigenvalue weighted by Crippen LogP contribution is -2.09. The standard InChI is InChI=1S/C50H35N/c1-3-11-36(12-4-1)39-21-28-45(29-22-39)51(46-30-23-40(24-31-46)37-13-5-2-6-14-37)47-32-25-42(26-33-47)50-48-18-10-9-16-41(48)27-34-49(50)44-20-19-38-15-7-8-17-43(38)35-44/h1-35H. The predicted molar refractivity (Wildman–Crippen MR) is 218 cm³/mol. The van der Waals surface area contributed by atoms with Crippen molar-refractivity contribution < 1.29 is 0 Å². The normalized spacial score (nSPS) is 11.1. The summed E-state index contributed by atoms with van der Waals surface area (Å²) in [7, 11) is 0. The van der Waals surface area contributed by atoms with Crippen molar-refractivity contribution >= 4 is 38.6 Å². The van der Waals surface area contributed by atoms with Crippen molar-refractivity contribution in [3.63, 3.8) is 0 Å². The molecule has 0 bridgehead atoms. The highest BCUT2D eigenvalue weighted by Crippen LogP contribution is 2.42. The van der Waals surface area contributed by atoms with Crippen LogP contribution in [0.4, 0.5) is 17.1 Å². The molecule has 1 heteroatoms. The summed E-state index contributed by atoms with van der Waals surface area (Å²) in [6.45, 7) is 0. The fraction of sp³-hybridized carbons (Fsp3) is 0. The number of benzene rings is 9. The van der Waals surface area contributed by atoms with Crippen molar-refractivity contribution in [2.75, 3.05) is 4.90 Å². The van der Waals surface area contributed by atoms with Crippen LogP contribution < -0.4 is 4.90 Å². The van der Waals surface area contributed by atoms with E-state index in [1.54, 1.807) is 0 Å². The Morgan fingerprint density at radius 2 is 0.667 bits per heavy atom. The Kier molecular flexibility index (Phi) is 7.92. The molecule has 0 heterocycles. The summed E-state index contributed by atoms with van der Waals surface area (Å²) < 4.78 is 0. The van der Waals surface area contributed by atoms with Gasteiger partial charge in [0, 0.05) is 17.1 Å². The maximum Gasteiger partial charge on any atom is 0.0462 e. The maximum absolute atomic E-state index is 2.35. The Morgan fingerprint density at radius 1 is 0.255 bits per heavy atom. The van der Waals surface area contributed by atoms with Crippen LogP contribution in [0, 0.1) is 0 Å². The van der Waals surface area contributed by atoms with Gasteiger partial charge in [0.05, 0.1) is 0 Å². The van der Waals surface area contributed by atoms with E-state index in [0.29, 0.717) is 0 Å². The molecule has 0 saturated carbocycles. The number of hydrogen-bond donors (Lipinski definition) is 0. The zero-order valence-electron chi connectivity index (χ0n) is 28.2. The summed E-state index contributed by atoms with van der Waals surface area (Å²) in [6, 6.07) is 76.6. The number of rotatable bonds is 7. The average molecular weight is 650 g/mol. The van der Waals surface area contributed by atoms with E-state index in [9.17, 15) is 0 Å². The number of hydrogen-bond acceptors (Lipinski definition) is 1. The van der Waals surface area contributed by atoms with Gasteiger partial charge in [0.25, 0.3) is 0 Å². The van der Waals surface area contributed by atoms with E-state index in [1.165, 1.54) is 66.1 Å². The molecule has 9 aromatic carbocycles. The third-order valence-corrected chi connectivity index (χ3v) is 9.87. The number of nitrogens with zero attached hydrogens (tertiary/aromatic N) is 1. The molecule has 0 radical (unpaired) electrons. The van der Waals surface area contributed by atoms with E-state index in [1.807, 2.05) is 0 Å². The van der Waals surface area contributed by atoms with Crippen LogP contribution in [0.5, 0.6) is 0 Å². The van der Waals surface area contributed by atoms with Crippen LogP contribution >= 0.6 is 0 Å². The third kappa shape index (κ3) is 5.96. The summed E-state index contributed by atoms with van der Waals surface area (Å²) in [5, 5.41) is 4.99. The molecule has 0 aliphatic heterocycles. The van der Waals surface area contributed by atoms with Gasteiger partial charge in [-0.05, 0) is 109 Å². The smallest absolute Gasteiger partial charge is 0.0462 e. The lowest BCUT2D eigenvalue weighted by Gasteiger charge is -2.26. The lowest BCUT2D eigenvalue weighted by atomic mass is 9.89. The first kappa shape index (κ1) is 30.4. The van der Waals surface area contributed by atoms with Crippen molar-refractivity contribution in [2.45, 2.75) is 0 Å². The molecular weight excluding hydrogens is 615 g/mol. The molecule has 51 heavy (non-hydrogen) atoms. The highest BCUT2D eigenvalue weighted by Gasteiger charge is 2.16. The lowest BCUT2D eigenvalue weighted by molar-refractivity contribution is 1.28. The molecule has 0 amide bonds. The monoisotopic (exact) mass is 649 g/mol. The molecule has 0 aliphatic carbocycles. The quantitative estimate of drug-likeness (QED) is 0.166. The van der Waals surface area contributed by atoms with Gasteiger partial charge in [0.2, 0.25) is 0 Å². The SMILES string of the molecule is c1ccc(-c2ccc(N(c3ccc(-c4ccccc4)cc3)c3ccc(-c4c(-c5ccc6ccccc6c5)ccc5ccccc45)cc3)cc2)cc1. The molecule has 0 fully saturated rings. The first-order valence-corrected chi connectivity index (χ1v) is 17.5. The van der Waals surface area contributed by atoms with E-state index >= 15 is 0 Å². The molecule has 0 aromatic heterocycles. The highest BCUT2D eigenvalue weighted by molar-refractivity contribution is 6.05. The summed E-state index contributed by atoms with van der Waals surface area (Å²) in [5.41, 5.74) is 13.0. The molecule has 0 unspecified atom stereocenters. The Balaban J connectivity index is 1.15. The van der Waals surface area contributed by atoms with Gasteiger partial charge in [-0.2, -0.15) is 0 Å². The second-order valence-electron chi connectivity index (χ2n) is 13.0. The molecule has 240 valence electrons. The Bertz CT molecular complexity index is 2500. The van der Waals surface area contributed by atoms with Gasteiger partial charge in [-0.15, -0.1) is 0 Å². The predicted octanol–water partition coefficient (Wildman–Crippen LogP) is 14.1. The molecule has 0 N–H and O–H groups in total. The zero-order valence-corrected chi connectivity index (χ0v) is 28.2. The van der Waals surface area contributed by atoms with Gasteiger partial charge in [-0.1, -0.05) is 170 Å². The summed E-state index contributed by atoms with van der Waals surface area (Å²) in [6.07, 6.45) is 0. The Labute approximate surface area is 299 Å². The molecule has 0 aliphatic rings. The summed E-state index contributed by atoms with van der Waals surface area (Å²) in [5.74, 6) is 0. The second-order valence-corrected chi connectivity index (χ2v) is 13.0. The maximum atomic E-state index is 2.35. The molecule has 0 spiro atoms. The van der Waals surface area contributed by atoms with E-state index in [2.05, 4.69) is 217 Å². The Morgan fingerprint density at radius 3 is 1.24 bits per heavy atom. The van der Waals surface area contributed by atoms with Gasteiger partial charge < -0.3 is 4.90 Å². The molecule has 1 nitrogen and oxygen atoms in total. The van der Waals surface area contributed by atoms with Gasteiger partial charge in [-0.3, -0.25) is 0 Å². The largest absolute Gasteiger partial charge is 0.311 e. The van der Waals surface area contributed by atoms with Crippen molar-refractivity contribution in [3.8, 4) is 44.5 Å². The highest BCUT2D eigenvalue weighted by atomic mass is 15.1. The van der Waals surface area contributed by atoms with E-state index in [4.69, 9.17) is 0 Å². The van der Waals surface area contributed by atoms with Gasteiger partial charge >= 0.3 is 0 Å². The van der Waals surface area contributed by atoms with Crippen LogP contribution in [-0.4, -0.2) is 0 Å². The van der Waals surface area contributed by atoms with Gasteiger partial charge in [0.15, 0.2) is 0 Å². The van der Waals surface area contributed by atoms with Crippen LogP contribution in [0.25, 0.3) is 66.1 Å². The summed E-state index contributed by atoms with van der Waals surface area (Å²) >= 11 is 0. The minimum atomic E-state index is 1.10. The number of fused-ring (bicyclic) bond motifs is 2. The van der Waals surface area contributed by atoms with E-state index < -0.39 is 0 Å². The fourth-order valence-electron chi connectivity index (χ4n) is 7.27. The van der Waals surface area contributed by atoms with Crippen LogP contribution in [0.3, 0.4) is 0 Å². The third-order valence-electron chi connectivity index (χ3n) is 9.87. The zero-order chi connectivity index (χ0) is 34.0. The average Bonchev–Trinajstić information content (AvgIpc) is 3.22. The van der Waals surface area contributed by atoms with Crippen LogP contribution in [0.1, 0.15) is 0 Å². The molecule has 0 saturated heterocycles. The first-order valence-electron chi connectivity index (χ1n) is 17.5. The topological polar surface area (TPSA) is 3.24 Å². The molecular formula is C50H35N. The van der Waals surface area contributed by atoms with Crippen LogP contribution in [0.15, 0.2) is 212 Å². The van der Waals surface area contributed by atoms with Crippen molar-refractivity contribution in [3.05, 3.63) is 212 Å². The van der Waals surface area contributed by atoms with E-state index in [0.717, 1.165) is 17.1 Å². The van der Waals surface area contributed by atoms with E-state index in [-0.39, 0.29) is 0 Å². The van der Waals surface area contributed by atoms with Crippen molar-refractivity contribution in [1.82, 2.24) is 0 Å². The molecule has 9 aromatic rings.